The van der Waals surface area contributed by atoms with Gasteiger partial charge in [0, 0.05) is 12.7 Å². The van der Waals surface area contributed by atoms with Crippen LogP contribution < -0.4 is 4.90 Å². The van der Waals surface area contributed by atoms with Crippen molar-refractivity contribution in [1.29, 1.82) is 0 Å². The van der Waals surface area contributed by atoms with Crippen LogP contribution in [-0.2, 0) is 4.74 Å². The molecule has 1 fully saturated rings. The number of aliphatic hydroxyl groups is 1. The summed E-state index contributed by atoms with van der Waals surface area (Å²) in [4.78, 5) is 22.2. The van der Waals surface area contributed by atoms with Crippen molar-refractivity contribution in [2.24, 2.45) is 0 Å². The van der Waals surface area contributed by atoms with E-state index < -0.39 is 5.97 Å². The highest BCUT2D eigenvalue weighted by Crippen LogP contribution is 2.26. The number of anilines is 1. The molecule has 1 N–H and O–H groups in total. The van der Waals surface area contributed by atoms with Crippen LogP contribution in [0.25, 0.3) is 0 Å². The zero-order chi connectivity index (χ0) is 13.8. The van der Waals surface area contributed by atoms with Crippen LogP contribution in [0.3, 0.4) is 0 Å². The molecule has 2 heterocycles. The smallest absolute Gasteiger partial charge is 0.343 e. The SMILES string of the molecule is COC(=O)c1cnc(C)nc1N1CCCCC1CO. The summed E-state index contributed by atoms with van der Waals surface area (Å²) in [6.45, 7) is 2.62. The minimum Gasteiger partial charge on any atom is -0.465 e. The summed E-state index contributed by atoms with van der Waals surface area (Å²) in [5, 5.41) is 9.48. The van der Waals surface area contributed by atoms with E-state index in [1.807, 2.05) is 4.90 Å². The van der Waals surface area contributed by atoms with Gasteiger partial charge in [-0.3, -0.25) is 0 Å². The maximum absolute atomic E-state index is 11.8. The fraction of sp³-hybridized carbons (Fsp3) is 0.615. The molecule has 0 aromatic carbocycles. The number of aromatic nitrogens is 2. The van der Waals surface area contributed by atoms with Crippen molar-refractivity contribution < 1.29 is 14.6 Å². The van der Waals surface area contributed by atoms with E-state index in [2.05, 4.69) is 9.97 Å². The van der Waals surface area contributed by atoms with Gasteiger partial charge in [-0.2, -0.15) is 0 Å². The van der Waals surface area contributed by atoms with Crippen LogP contribution in [0.4, 0.5) is 5.82 Å². The molecule has 1 aliphatic rings. The van der Waals surface area contributed by atoms with Crippen molar-refractivity contribution in [1.82, 2.24) is 9.97 Å². The summed E-state index contributed by atoms with van der Waals surface area (Å²) >= 11 is 0. The molecule has 0 amide bonds. The second kappa shape index (κ2) is 5.97. The summed E-state index contributed by atoms with van der Waals surface area (Å²) in [7, 11) is 1.34. The number of ether oxygens (including phenoxy) is 1. The second-order valence-corrected chi connectivity index (χ2v) is 4.67. The van der Waals surface area contributed by atoms with E-state index in [1.165, 1.54) is 13.3 Å². The lowest BCUT2D eigenvalue weighted by atomic mass is 10.0. The molecule has 1 atom stereocenters. The van der Waals surface area contributed by atoms with E-state index >= 15 is 0 Å². The maximum Gasteiger partial charge on any atom is 0.343 e. The van der Waals surface area contributed by atoms with Gasteiger partial charge in [0.05, 0.1) is 19.8 Å². The third-order valence-electron chi connectivity index (χ3n) is 3.40. The minimum atomic E-state index is -0.447. The first kappa shape index (κ1) is 13.7. The number of hydrogen-bond donors (Lipinski definition) is 1. The van der Waals surface area contributed by atoms with E-state index in [0.717, 1.165) is 25.8 Å². The highest BCUT2D eigenvalue weighted by atomic mass is 16.5. The number of esters is 1. The number of aryl methyl sites for hydroxylation is 1. The molecule has 2 rings (SSSR count). The number of piperidine rings is 1. The second-order valence-electron chi connectivity index (χ2n) is 4.67. The molecule has 1 aromatic heterocycles. The van der Waals surface area contributed by atoms with Crippen LogP contribution in [0.1, 0.15) is 35.4 Å². The lowest BCUT2D eigenvalue weighted by Crippen LogP contribution is -2.43. The van der Waals surface area contributed by atoms with Gasteiger partial charge in [0.15, 0.2) is 0 Å². The molecule has 1 aliphatic heterocycles. The summed E-state index contributed by atoms with van der Waals surface area (Å²) in [6.07, 6.45) is 4.51. The van der Waals surface area contributed by atoms with E-state index in [0.29, 0.717) is 17.2 Å². The highest BCUT2D eigenvalue weighted by Gasteiger charge is 2.27. The number of methoxy groups -OCH3 is 1. The van der Waals surface area contributed by atoms with Crippen molar-refractivity contribution in [2.75, 3.05) is 25.2 Å². The van der Waals surface area contributed by atoms with Crippen LogP contribution in [-0.4, -0.2) is 47.3 Å². The monoisotopic (exact) mass is 265 g/mol. The number of carbonyl (C=O) groups is 1. The van der Waals surface area contributed by atoms with Gasteiger partial charge in [0.1, 0.15) is 17.2 Å². The van der Waals surface area contributed by atoms with Gasteiger partial charge < -0.3 is 14.7 Å². The van der Waals surface area contributed by atoms with Crippen molar-refractivity contribution in [3.8, 4) is 0 Å². The summed E-state index contributed by atoms with van der Waals surface area (Å²) in [6, 6.07) is 0.00598. The third-order valence-corrected chi connectivity index (χ3v) is 3.40. The quantitative estimate of drug-likeness (QED) is 0.819. The molecule has 19 heavy (non-hydrogen) atoms. The van der Waals surface area contributed by atoms with Crippen molar-refractivity contribution in [3.63, 3.8) is 0 Å². The fourth-order valence-corrected chi connectivity index (χ4v) is 2.40. The fourth-order valence-electron chi connectivity index (χ4n) is 2.40. The largest absolute Gasteiger partial charge is 0.465 e. The van der Waals surface area contributed by atoms with Gasteiger partial charge in [-0.1, -0.05) is 0 Å². The number of nitrogens with zero attached hydrogens (tertiary/aromatic N) is 3. The average molecular weight is 265 g/mol. The van der Waals surface area contributed by atoms with Crippen LogP contribution in [0.5, 0.6) is 0 Å². The van der Waals surface area contributed by atoms with Gasteiger partial charge in [-0.15, -0.1) is 0 Å². The number of hydrogen-bond acceptors (Lipinski definition) is 6. The molecule has 1 unspecified atom stereocenters. The molecule has 1 aromatic rings. The third kappa shape index (κ3) is 2.84. The molecule has 104 valence electrons. The van der Waals surface area contributed by atoms with Crippen molar-refractivity contribution >= 4 is 11.8 Å². The Hall–Kier alpha value is -1.69. The van der Waals surface area contributed by atoms with Crippen molar-refractivity contribution in [3.05, 3.63) is 17.6 Å². The molecule has 0 saturated carbocycles. The first-order valence-electron chi connectivity index (χ1n) is 6.46. The molecule has 0 spiro atoms. The van der Waals surface area contributed by atoms with E-state index in [4.69, 9.17) is 4.74 Å². The van der Waals surface area contributed by atoms with Crippen LogP contribution in [0.2, 0.25) is 0 Å². The predicted octanol–water partition coefficient (Wildman–Crippen LogP) is 0.923. The summed E-state index contributed by atoms with van der Waals surface area (Å²) < 4.78 is 4.77. The Morgan fingerprint density at radius 1 is 1.58 bits per heavy atom. The number of carbonyl (C=O) groups excluding carboxylic acids is 1. The first-order chi connectivity index (χ1) is 9.17. The van der Waals surface area contributed by atoms with Gasteiger partial charge in [-0.05, 0) is 26.2 Å². The molecule has 1 saturated heterocycles. The van der Waals surface area contributed by atoms with Crippen LogP contribution in [0.15, 0.2) is 6.20 Å². The van der Waals surface area contributed by atoms with Gasteiger partial charge >= 0.3 is 5.97 Å². The Bertz CT molecular complexity index is 464. The van der Waals surface area contributed by atoms with Crippen LogP contribution >= 0.6 is 0 Å². The molecule has 6 nitrogen and oxygen atoms in total. The van der Waals surface area contributed by atoms with Gasteiger partial charge in [0.25, 0.3) is 0 Å². The Labute approximate surface area is 112 Å². The lowest BCUT2D eigenvalue weighted by Gasteiger charge is -2.36. The van der Waals surface area contributed by atoms with E-state index in [-0.39, 0.29) is 12.6 Å². The minimum absolute atomic E-state index is 0.00598. The molecule has 6 heteroatoms. The molecular formula is C13H19N3O3. The Morgan fingerprint density at radius 2 is 2.37 bits per heavy atom. The Morgan fingerprint density at radius 3 is 3.05 bits per heavy atom. The van der Waals surface area contributed by atoms with Crippen molar-refractivity contribution in [2.45, 2.75) is 32.2 Å². The topological polar surface area (TPSA) is 75.5 Å². The molecule has 0 bridgehead atoms. The lowest BCUT2D eigenvalue weighted by molar-refractivity contribution is 0.0600. The molecular weight excluding hydrogens is 246 g/mol. The predicted molar refractivity (Wildman–Crippen MR) is 70.2 cm³/mol. The normalized spacial score (nSPS) is 19.3. The number of rotatable bonds is 3. The molecule has 0 radical (unpaired) electrons. The Kier molecular flexibility index (Phi) is 4.31. The standard InChI is InChI=1S/C13H19N3O3/c1-9-14-7-11(13(18)19-2)12(15-9)16-6-4-3-5-10(16)8-17/h7,10,17H,3-6,8H2,1-2H3. The average Bonchev–Trinajstić information content (AvgIpc) is 2.46. The number of aliphatic hydroxyl groups excluding tert-OH is 1. The zero-order valence-electron chi connectivity index (χ0n) is 11.3. The highest BCUT2D eigenvalue weighted by molar-refractivity contribution is 5.94. The van der Waals surface area contributed by atoms with E-state index in [1.54, 1.807) is 6.92 Å². The van der Waals surface area contributed by atoms with Gasteiger partial charge in [0.2, 0.25) is 0 Å². The summed E-state index contributed by atoms with van der Waals surface area (Å²) in [5.41, 5.74) is 0.355. The van der Waals surface area contributed by atoms with E-state index in [9.17, 15) is 9.90 Å². The Balaban J connectivity index is 2.40. The zero-order valence-corrected chi connectivity index (χ0v) is 11.3. The van der Waals surface area contributed by atoms with Gasteiger partial charge in [-0.25, -0.2) is 14.8 Å². The van der Waals surface area contributed by atoms with Crippen LogP contribution in [0, 0.1) is 6.92 Å². The molecule has 0 aliphatic carbocycles. The maximum atomic E-state index is 11.8. The summed E-state index contributed by atoms with van der Waals surface area (Å²) in [5.74, 6) is 0.722. The first-order valence-corrected chi connectivity index (χ1v) is 6.46.